The molecule has 1 aromatic rings. The number of nitrogens with one attached hydrogen (secondary N) is 1. The van der Waals surface area contributed by atoms with E-state index in [1.165, 1.54) is 5.56 Å². The Bertz CT molecular complexity index is 384. The highest BCUT2D eigenvalue weighted by Gasteiger charge is 2.35. The molecule has 2 rings (SSSR count). The molecule has 1 saturated heterocycles. The predicted octanol–water partition coefficient (Wildman–Crippen LogP) is 1.62. The average Bonchev–Trinajstić information content (AvgIpc) is 2.39. The van der Waals surface area contributed by atoms with E-state index in [0.29, 0.717) is 0 Å². The Morgan fingerprint density at radius 3 is 2.88 bits per heavy atom. The number of aliphatic hydroxyl groups excluding tert-OH is 1. The topological polar surface area (TPSA) is 41.5 Å². The molecule has 3 nitrogen and oxygen atoms in total. The molecule has 0 aromatic heterocycles. The molecule has 0 spiro atoms. The number of benzene rings is 1. The highest BCUT2D eigenvalue weighted by atomic mass is 16.5. The minimum atomic E-state index is -0.185. The Balaban J connectivity index is 2.44. The Labute approximate surface area is 103 Å². The van der Waals surface area contributed by atoms with E-state index in [1.54, 1.807) is 7.11 Å². The summed E-state index contributed by atoms with van der Waals surface area (Å²) in [6, 6.07) is 6.18. The van der Waals surface area contributed by atoms with Crippen molar-refractivity contribution in [2.75, 3.05) is 26.8 Å². The molecule has 0 amide bonds. The third-order valence-corrected chi connectivity index (χ3v) is 3.70. The summed E-state index contributed by atoms with van der Waals surface area (Å²) in [6.45, 7) is 4.10. The van der Waals surface area contributed by atoms with Crippen molar-refractivity contribution in [3.8, 4) is 5.75 Å². The van der Waals surface area contributed by atoms with E-state index < -0.39 is 0 Å². The highest BCUT2D eigenvalue weighted by Crippen LogP contribution is 2.37. The number of aryl methyl sites for hydroxylation is 1. The van der Waals surface area contributed by atoms with Crippen molar-refractivity contribution in [3.63, 3.8) is 0 Å². The molecule has 94 valence electrons. The van der Waals surface area contributed by atoms with Crippen LogP contribution in [0.4, 0.5) is 0 Å². The van der Waals surface area contributed by atoms with Gasteiger partial charge >= 0.3 is 0 Å². The Morgan fingerprint density at radius 1 is 1.47 bits per heavy atom. The van der Waals surface area contributed by atoms with Gasteiger partial charge in [-0.1, -0.05) is 17.7 Å². The number of methoxy groups -OCH3 is 1. The fourth-order valence-corrected chi connectivity index (χ4v) is 2.65. The van der Waals surface area contributed by atoms with E-state index in [0.717, 1.165) is 37.2 Å². The summed E-state index contributed by atoms with van der Waals surface area (Å²) in [5.74, 6) is 0.883. The maximum atomic E-state index is 9.81. The first-order valence-corrected chi connectivity index (χ1v) is 6.18. The van der Waals surface area contributed by atoms with E-state index in [2.05, 4.69) is 18.3 Å². The standard InChI is InChI=1S/C14H21NO2/c1-11-4-5-13(17-2)12(8-11)14(10-16)6-3-7-15-9-14/h4-5,8,15-16H,3,6-7,9-10H2,1-2H3. The normalized spacial score (nSPS) is 24.6. The molecular formula is C14H21NO2. The van der Waals surface area contributed by atoms with Gasteiger partial charge in [-0.25, -0.2) is 0 Å². The van der Waals surface area contributed by atoms with Gasteiger partial charge in [-0.05, 0) is 32.4 Å². The molecule has 1 atom stereocenters. The number of hydrogen-bond acceptors (Lipinski definition) is 3. The largest absolute Gasteiger partial charge is 0.496 e. The van der Waals surface area contributed by atoms with Gasteiger partial charge in [-0.3, -0.25) is 0 Å². The van der Waals surface area contributed by atoms with Gasteiger partial charge in [0.1, 0.15) is 5.75 Å². The second kappa shape index (κ2) is 5.07. The SMILES string of the molecule is COc1ccc(C)cc1C1(CO)CCCNC1. The second-order valence-corrected chi connectivity index (χ2v) is 4.92. The molecule has 0 saturated carbocycles. The summed E-state index contributed by atoms with van der Waals surface area (Å²) in [5.41, 5.74) is 2.16. The summed E-state index contributed by atoms with van der Waals surface area (Å²) in [4.78, 5) is 0. The van der Waals surface area contributed by atoms with Gasteiger partial charge in [-0.15, -0.1) is 0 Å². The van der Waals surface area contributed by atoms with Crippen molar-refractivity contribution >= 4 is 0 Å². The van der Waals surface area contributed by atoms with Crippen LogP contribution in [-0.2, 0) is 5.41 Å². The molecule has 0 aliphatic carbocycles. The van der Waals surface area contributed by atoms with E-state index in [4.69, 9.17) is 4.74 Å². The quantitative estimate of drug-likeness (QED) is 0.836. The van der Waals surface area contributed by atoms with Crippen molar-refractivity contribution in [2.45, 2.75) is 25.2 Å². The first-order chi connectivity index (χ1) is 8.22. The van der Waals surface area contributed by atoms with E-state index in [9.17, 15) is 5.11 Å². The summed E-state index contributed by atoms with van der Waals surface area (Å²) in [6.07, 6.45) is 2.11. The molecule has 1 aliphatic rings. The van der Waals surface area contributed by atoms with Crippen LogP contribution in [0.1, 0.15) is 24.0 Å². The lowest BCUT2D eigenvalue weighted by Crippen LogP contribution is -2.46. The van der Waals surface area contributed by atoms with Crippen LogP contribution in [0.25, 0.3) is 0 Å². The van der Waals surface area contributed by atoms with Gasteiger partial charge in [0.25, 0.3) is 0 Å². The first-order valence-electron chi connectivity index (χ1n) is 6.18. The van der Waals surface area contributed by atoms with Crippen molar-refractivity contribution in [1.82, 2.24) is 5.32 Å². The van der Waals surface area contributed by atoms with Gasteiger partial charge in [0, 0.05) is 17.5 Å². The minimum Gasteiger partial charge on any atom is -0.496 e. The van der Waals surface area contributed by atoms with Crippen LogP contribution in [0.2, 0.25) is 0 Å². The third kappa shape index (κ3) is 2.31. The van der Waals surface area contributed by atoms with Crippen LogP contribution in [-0.4, -0.2) is 31.9 Å². The number of ether oxygens (including phenoxy) is 1. The van der Waals surface area contributed by atoms with Crippen molar-refractivity contribution in [3.05, 3.63) is 29.3 Å². The van der Waals surface area contributed by atoms with Gasteiger partial charge < -0.3 is 15.2 Å². The number of piperidine rings is 1. The lowest BCUT2D eigenvalue weighted by molar-refractivity contribution is 0.159. The summed E-state index contributed by atoms with van der Waals surface area (Å²) in [7, 11) is 1.69. The molecule has 1 unspecified atom stereocenters. The van der Waals surface area contributed by atoms with Gasteiger partial charge in [0.15, 0.2) is 0 Å². The van der Waals surface area contributed by atoms with Crippen molar-refractivity contribution in [2.24, 2.45) is 0 Å². The molecule has 3 heteroatoms. The zero-order valence-corrected chi connectivity index (χ0v) is 10.6. The zero-order valence-electron chi connectivity index (χ0n) is 10.6. The Kier molecular flexibility index (Phi) is 3.69. The third-order valence-electron chi connectivity index (χ3n) is 3.70. The fourth-order valence-electron chi connectivity index (χ4n) is 2.65. The van der Waals surface area contributed by atoms with Crippen molar-refractivity contribution in [1.29, 1.82) is 0 Å². The Morgan fingerprint density at radius 2 is 2.29 bits per heavy atom. The van der Waals surface area contributed by atoms with Crippen molar-refractivity contribution < 1.29 is 9.84 Å². The number of hydrogen-bond donors (Lipinski definition) is 2. The van der Waals surface area contributed by atoms with Crippen LogP contribution < -0.4 is 10.1 Å². The first kappa shape index (κ1) is 12.4. The number of rotatable bonds is 3. The maximum absolute atomic E-state index is 9.81. The smallest absolute Gasteiger partial charge is 0.122 e. The summed E-state index contributed by atoms with van der Waals surface area (Å²) in [5, 5.41) is 13.2. The maximum Gasteiger partial charge on any atom is 0.122 e. The monoisotopic (exact) mass is 235 g/mol. The average molecular weight is 235 g/mol. The zero-order chi connectivity index (χ0) is 12.3. The molecule has 1 aromatic carbocycles. The van der Waals surface area contributed by atoms with Gasteiger partial charge in [0.05, 0.1) is 13.7 Å². The lowest BCUT2D eigenvalue weighted by atomic mass is 9.74. The van der Waals surface area contributed by atoms with Crippen LogP contribution in [0.15, 0.2) is 18.2 Å². The molecule has 1 heterocycles. The molecule has 2 N–H and O–H groups in total. The molecule has 17 heavy (non-hydrogen) atoms. The second-order valence-electron chi connectivity index (χ2n) is 4.92. The van der Waals surface area contributed by atoms with Crippen LogP contribution in [0, 0.1) is 6.92 Å². The summed E-state index contributed by atoms with van der Waals surface area (Å²) < 4.78 is 5.44. The molecule has 0 radical (unpaired) electrons. The predicted molar refractivity (Wildman–Crippen MR) is 68.6 cm³/mol. The van der Waals surface area contributed by atoms with E-state index >= 15 is 0 Å². The minimum absolute atomic E-state index is 0.166. The fraction of sp³-hybridized carbons (Fsp3) is 0.571. The van der Waals surface area contributed by atoms with E-state index in [-0.39, 0.29) is 12.0 Å². The highest BCUT2D eigenvalue weighted by molar-refractivity contribution is 5.43. The molecule has 1 fully saturated rings. The summed E-state index contributed by atoms with van der Waals surface area (Å²) >= 11 is 0. The van der Waals surface area contributed by atoms with Crippen LogP contribution >= 0.6 is 0 Å². The van der Waals surface area contributed by atoms with Crippen LogP contribution in [0.3, 0.4) is 0 Å². The molecule has 0 bridgehead atoms. The number of aliphatic hydroxyl groups is 1. The molecule has 1 aliphatic heterocycles. The lowest BCUT2D eigenvalue weighted by Gasteiger charge is -2.37. The van der Waals surface area contributed by atoms with Gasteiger partial charge in [0.2, 0.25) is 0 Å². The molecular weight excluding hydrogens is 214 g/mol. The van der Waals surface area contributed by atoms with E-state index in [1.807, 2.05) is 12.1 Å². The Hall–Kier alpha value is -1.06. The van der Waals surface area contributed by atoms with Gasteiger partial charge in [-0.2, -0.15) is 0 Å². The van der Waals surface area contributed by atoms with Crippen LogP contribution in [0.5, 0.6) is 5.75 Å².